The number of benzene rings is 1. The van der Waals surface area contributed by atoms with E-state index in [1.165, 1.54) is 12.3 Å². The molecule has 0 saturated carbocycles. The van der Waals surface area contributed by atoms with E-state index in [4.69, 9.17) is 15.6 Å². The number of carbonyl (C=O) groups is 1. The van der Waals surface area contributed by atoms with Gasteiger partial charge in [-0.05, 0) is 24.3 Å². The first-order chi connectivity index (χ1) is 8.58. The van der Waals surface area contributed by atoms with Crippen LogP contribution in [0.5, 0.6) is 11.6 Å². The summed E-state index contributed by atoms with van der Waals surface area (Å²) in [5, 5.41) is 8.93. The SMILES string of the molecule is Nc1c(C(=O)O)ccnc1Oc1cccc(Br)c1. The van der Waals surface area contributed by atoms with E-state index in [-0.39, 0.29) is 17.1 Å². The first-order valence-electron chi connectivity index (χ1n) is 4.99. The molecule has 18 heavy (non-hydrogen) atoms. The van der Waals surface area contributed by atoms with Crippen LogP contribution in [0.4, 0.5) is 5.69 Å². The minimum absolute atomic E-state index is 0.00461. The number of nitrogens with zero attached hydrogens (tertiary/aromatic N) is 1. The molecule has 0 radical (unpaired) electrons. The molecule has 0 atom stereocenters. The molecule has 0 aliphatic carbocycles. The highest BCUT2D eigenvalue weighted by molar-refractivity contribution is 9.10. The van der Waals surface area contributed by atoms with Crippen LogP contribution in [0.3, 0.4) is 0 Å². The number of hydrogen-bond donors (Lipinski definition) is 2. The van der Waals surface area contributed by atoms with Gasteiger partial charge in [0.15, 0.2) is 0 Å². The van der Waals surface area contributed by atoms with Gasteiger partial charge in [-0.1, -0.05) is 22.0 Å². The van der Waals surface area contributed by atoms with Crippen LogP contribution < -0.4 is 10.5 Å². The molecule has 1 heterocycles. The van der Waals surface area contributed by atoms with Gasteiger partial charge in [-0.3, -0.25) is 0 Å². The number of anilines is 1. The van der Waals surface area contributed by atoms with Crippen LogP contribution >= 0.6 is 15.9 Å². The zero-order valence-electron chi connectivity index (χ0n) is 9.13. The second kappa shape index (κ2) is 5.05. The van der Waals surface area contributed by atoms with Crippen molar-refractivity contribution >= 4 is 27.6 Å². The van der Waals surface area contributed by atoms with E-state index in [1.54, 1.807) is 18.2 Å². The third-order valence-electron chi connectivity index (χ3n) is 2.19. The predicted octanol–water partition coefficient (Wildman–Crippen LogP) is 2.92. The molecule has 0 aliphatic rings. The van der Waals surface area contributed by atoms with Crippen molar-refractivity contribution in [1.82, 2.24) is 4.98 Å². The molecule has 2 aromatic rings. The molecule has 0 aliphatic heterocycles. The minimum atomic E-state index is -1.12. The molecule has 92 valence electrons. The number of hydrogen-bond acceptors (Lipinski definition) is 4. The van der Waals surface area contributed by atoms with Crippen LogP contribution in [0, 0.1) is 0 Å². The highest BCUT2D eigenvalue weighted by Crippen LogP contribution is 2.28. The van der Waals surface area contributed by atoms with E-state index in [0.29, 0.717) is 5.75 Å². The molecular formula is C12H9BrN2O3. The van der Waals surface area contributed by atoms with E-state index in [1.807, 2.05) is 6.07 Å². The quantitative estimate of drug-likeness (QED) is 0.910. The highest BCUT2D eigenvalue weighted by atomic mass is 79.9. The molecule has 0 spiro atoms. The summed E-state index contributed by atoms with van der Waals surface area (Å²) in [6, 6.07) is 8.41. The highest BCUT2D eigenvalue weighted by Gasteiger charge is 2.13. The van der Waals surface area contributed by atoms with Crippen LogP contribution in [0.1, 0.15) is 10.4 Å². The van der Waals surface area contributed by atoms with Crippen LogP contribution in [0.25, 0.3) is 0 Å². The lowest BCUT2D eigenvalue weighted by atomic mass is 10.2. The summed E-state index contributed by atoms with van der Waals surface area (Å²) >= 11 is 3.31. The fraction of sp³-hybridized carbons (Fsp3) is 0. The summed E-state index contributed by atoms with van der Waals surface area (Å²) < 4.78 is 6.29. The number of carboxylic acid groups (broad SMARTS) is 1. The number of carboxylic acids is 1. The van der Waals surface area contributed by atoms with Gasteiger partial charge in [-0.2, -0.15) is 0 Å². The maximum Gasteiger partial charge on any atom is 0.338 e. The van der Waals surface area contributed by atoms with Crippen molar-refractivity contribution in [1.29, 1.82) is 0 Å². The van der Waals surface area contributed by atoms with Crippen LogP contribution in [-0.2, 0) is 0 Å². The number of ether oxygens (including phenoxy) is 1. The van der Waals surface area contributed by atoms with Gasteiger partial charge < -0.3 is 15.6 Å². The number of nitrogens with two attached hydrogens (primary N) is 1. The van der Waals surface area contributed by atoms with Crippen LogP contribution in [0.2, 0.25) is 0 Å². The number of aromatic nitrogens is 1. The van der Waals surface area contributed by atoms with E-state index in [0.717, 1.165) is 4.47 Å². The third kappa shape index (κ3) is 2.60. The van der Waals surface area contributed by atoms with Crippen LogP contribution in [0.15, 0.2) is 41.0 Å². The summed E-state index contributed by atoms with van der Waals surface area (Å²) in [4.78, 5) is 14.8. The van der Waals surface area contributed by atoms with E-state index < -0.39 is 5.97 Å². The molecule has 0 fully saturated rings. The van der Waals surface area contributed by atoms with Crippen molar-refractivity contribution in [2.24, 2.45) is 0 Å². The Hall–Kier alpha value is -2.08. The van der Waals surface area contributed by atoms with Gasteiger partial charge in [0.1, 0.15) is 11.4 Å². The van der Waals surface area contributed by atoms with Crippen molar-refractivity contribution < 1.29 is 14.6 Å². The van der Waals surface area contributed by atoms with Crippen molar-refractivity contribution in [3.63, 3.8) is 0 Å². The Morgan fingerprint density at radius 1 is 1.39 bits per heavy atom. The topological polar surface area (TPSA) is 85.4 Å². The maximum atomic E-state index is 10.9. The van der Waals surface area contributed by atoms with Gasteiger partial charge in [-0.15, -0.1) is 0 Å². The number of rotatable bonds is 3. The Labute approximate surface area is 111 Å². The lowest BCUT2D eigenvalue weighted by Crippen LogP contribution is -2.05. The summed E-state index contributed by atoms with van der Waals surface area (Å²) in [6.45, 7) is 0. The molecular weight excluding hydrogens is 300 g/mol. The van der Waals surface area contributed by atoms with Gasteiger partial charge in [0.2, 0.25) is 5.88 Å². The molecule has 1 aromatic heterocycles. The average Bonchev–Trinajstić information content (AvgIpc) is 2.31. The van der Waals surface area contributed by atoms with E-state index in [9.17, 15) is 4.79 Å². The van der Waals surface area contributed by atoms with E-state index >= 15 is 0 Å². The molecule has 2 rings (SSSR count). The van der Waals surface area contributed by atoms with E-state index in [2.05, 4.69) is 20.9 Å². The van der Waals surface area contributed by atoms with Crippen molar-refractivity contribution in [3.8, 4) is 11.6 Å². The minimum Gasteiger partial charge on any atom is -0.478 e. The molecule has 0 saturated heterocycles. The predicted molar refractivity (Wildman–Crippen MR) is 69.8 cm³/mol. The molecule has 5 nitrogen and oxygen atoms in total. The average molecular weight is 309 g/mol. The van der Waals surface area contributed by atoms with Crippen molar-refractivity contribution in [2.75, 3.05) is 5.73 Å². The molecule has 6 heteroatoms. The zero-order chi connectivity index (χ0) is 13.1. The molecule has 3 N–H and O–H groups in total. The first-order valence-corrected chi connectivity index (χ1v) is 5.78. The summed E-state index contributed by atoms with van der Waals surface area (Å²) in [7, 11) is 0. The third-order valence-corrected chi connectivity index (χ3v) is 2.69. The Balaban J connectivity index is 2.35. The first kappa shape index (κ1) is 12.4. The number of pyridine rings is 1. The van der Waals surface area contributed by atoms with Gasteiger partial charge >= 0.3 is 5.97 Å². The Bertz CT molecular complexity index is 602. The normalized spacial score (nSPS) is 10.1. The monoisotopic (exact) mass is 308 g/mol. The molecule has 0 unspecified atom stereocenters. The van der Waals surface area contributed by atoms with Gasteiger partial charge in [0, 0.05) is 10.7 Å². The van der Waals surface area contributed by atoms with Gasteiger partial charge in [0.25, 0.3) is 0 Å². The second-order valence-corrected chi connectivity index (χ2v) is 4.36. The van der Waals surface area contributed by atoms with Gasteiger partial charge in [0.05, 0.1) is 5.56 Å². The molecule has 0 bridgehead atoms. The summed E-state index contributed by atoms with van der Waals surface area (Å²) in [6.07, 6.45) is 1.34. The fourth-order valence-corrected chi connectivity index (χ4v) is 1.74. The second-order valence-electron chi connectivity index (χ2n) is 3.44. The largest absolute Gasteiger partial charge is 0.478 e. The summed E-state index contributed by atoms with van der Waals surface area (Å²) in [5.74, 6) is -0.520. The zero-order valence-corrected chi connectivity index (χ0v) is 10.7. The Kier molecular flexibility index (Phi) is 3.47. The lowest BCUT2D eigenvalue weighted by molar-refractivity contribution is 0.0697. The Morgan fingerprint density at radius 3 is 2.83 bits per heavy atom. The maximum absolute atomic E-state index is 10.9. The standard InChI is InChI=1S/C12H9BrN2O3/c13-7-2-1-3-8(6-7)18-11-10(14)9(12(16)17)4-5-15-11/h1-6H,14H2,(H,16,17). The van der Waals surface area contributed by atoms with Crippen molar-refractivity contribution in [3.05, 3.63) is 46.6 Å². The fourth-order valence-electron chi connectivity index (χ4n) is 1.36. The lowest BCUT2D eigenvalue weighted by Gasteiger charge is -2.08. The Morgan fingerprint density at radius 2 is 2.17 bits per heavy atom. The van der Waals surface area contributed by atoms with Crippen LogP contribution in [-0.4, -0.2) is 16.1 Å². The number of aromatic carboxylic acids is 1. The number of halogens is 1. The number of nitrogen functional groups attached to an aromatic ring is 1. The molecule has 1 aromatic carbocycles. The van der Waals surface area contributed by atoms with Gasteiger partial charge in [-0.25, -0.2) is 9.78 Å². The molecule has 0 amide bonds. The summed E-state index contributed by atoms with van der Waals surface area (Å²) in [5.41, 5.74) is 5.66. The smallest absolute Gasteiger partial charge is 0.338 e. The van der Waals surface area contributed by atoms with Crippen molar-refractivity contribution in [2.45, 2.75) is 0 Å².